The Kier molecular flexibility index (Phi) is 4.72. The molecule has 20 heavy (non-hydrogen) atoms. The van der Waals surface area contributed by atoms with E-state index in [1.807, 2.05) is 22.7 Å². The number of hydrogen-bond acceptors (Lipinski definition) is 1. The maximum absolute atomic E-state index is 9.75. The zero-order chi connectivity index (χ0) is 14.6. The van der Waals surface area contributed by atoms with Crippen LogP contribution in [0.2, 0.25) is 0 Å². The van der Waals surface area contributed by atoms with Crippen LogP contribution < -0.4 is 0 Å². The number of rotatable bonds is 1. The van der Waals surface area contributed by atoms with E-state index in [9.17, 15) is 17.3 Å². The first-order chi connectivity index (χ1) is 9.43. The fraction of sp³-hybridized carbons (Fsp3) is 0. The summed E-state index contributed by atoms with van der Waals surface area (Å²) in [5.41, 5.74) is 1.32. The molecule has 0 radical (unpaired) electrons. The van der Waals surface area contributed by atoms with Gasteiger partial charge in [0.1, 0.15) is 0 Å². The fourth-order valence-corrected chi connectivity index (χ4v) is 4.02. The van der Waals surface area contributed by atoms with E-state index in [-0.39, 0.29) is 0 Å². The molecule has 0 aliphatic rings. The van der Waals surface area contributed by atoms with Crippen molar-refractivity contribution in [2.75, 3.05) is 0 Å². The maximum atomic E-state index is 9.75. The third-order valence-electron chi connectivity index (χ3n) is 2.26. The molecule has 3 aromatic rings. The summed E-state index contributed by atoms with van der Waals surface area (Å²) in [5.74, 6) is 0. The molecule has 1 heterocycles. The molecule has 0 N–H and O–H groups in total. The van der Waals surface area contributed by atoms with Crippen LogP contribution in [0.4, 0.5) is 17.3 Å². The number of fused-ring (bicyclic) bond motifs is 1. The molecule has 0 aliphatic heterocycles. The summed E-state index contributed by atoms with van der Waals surface area (Å²) >= 11 is 3.74. The second-order valence-electron chi connectivity index (χ2n) is 3.80. The molecule has 0 aliphatic carbocycles. The average molecular weight is 316 g/mol. The van der Waals surface area contributed by atoms with E-state index in [1.165, 1.54) is 19.2 Å². The van der Waals surface area contributed by atoms with Crippen LogP contribution in [0.25, 0.3) is 19.2 Å². The Morgan fingerprint density at radius 3 is 1.95 bits per heavy atom. The van der Waals surface area contributed by atoms with E-state index in [2.05, 4.69) is 54.6 Å². The molecular weight excluding hydrogens is 307 g/mol. The molecular formula is C13H9BF4S2. The minimum Gasteiger partial charge on any atom is -0.418 e. The van der Waals surface area contributed by atoms with E-state index in [0.29, 0.717) is 0 Å². The molecule has 0 amide bonds. The molecule has 0 fully saturated rings. The summed E-state index contributed by atoms with van der Waals surface area (Å²) in [4.78, 5) is 0. The van der Waals surface area contributed by atoms with Crippen molar-refractivity contribution in [2.45, 2.75) is 0 Å². The van der Waals surface area contributed by atoms with Gasteiger partial charge in [-0.25, -0.2) is 0 Å². The molecule has 1 aromatic heterocycles. The highest BCUT2D eigenvalue weighted by Crippen LogP contribution is 2.38. The van der Waals surface area contributed by atoms with E-state index in [1.54, 1.807) is 0 Å². The van der Waals surface area contributed by atoms with Gasteiger partial charge >= 0.3 is 7.25 Å². The second-order valence-corrected chi connectivity index (χ2v) is 6.16. The summed E-state index contributed by atoms with van der Waals surface area (Å²) in [6.07, 6.45) is 0. The molecule has 3 rings (SSSR count). The first kappa shape index (κ1) is 14.9. The number of halogens is 4. The Labute approximate surface area is 121 Å². The Balaban J connectivity index is 0.000000257. The summed E-state index contributed by atoms with van der Waals surface area (Å²) in [6.45, 7) is 0. The highest BCUT2D eigenvalue weighted by molar-refractivity contribution is 7.43. The van der Waals surface area contributed by atoms with Gasteiger partial charge < -0.3 is 17.3 Å². The predicted octanol–water partition coefficient (Wildman–Crippen LogP) is 6.21. The first-order valence-corrected chi connectivity index (χ1v) is 7.31. The van der Waals surface area contributed by atoms with Crippen LogP contribution in [0.3, 0.4) is 0 Å². The molecule has 0 bridgehead atoms. The lowest BCUT2D eigenvalue weighted by Gasteiger charge is -1.94. The largest absolute Gasteiger partial charge is 0.673 e. The van der Waals surface area contributed by atoms with Gasteiger partial charge in [0.2, 0.25) is 0 Å². The molecule has 0 nitrogen and oxygen atoms in total. The monoisotopic (exact) mass is 316 g/mol. The number of hydrogen-bond donors (Lipinski definition) is 0. The SMILES string of the molecule is F[B-](F)(F)F.c1ccc(-c2sc3ccccc3[s+]2)cc1. The van der Waals surface area contributed by atoms with Gasteiger partial charge in [0.05, 0.1) is 22.7 Å². The van der Waals surface area contributed by atoms with Crippen molar-refractivity contribution in [3.8, 4) is 9.75 Å². The first-order valence-electron chi connectivity index (χ1n) is 5.68. The smallest absolute Gasteiger partial charge is 0.418 e. The van der Waals surface area contributed by atoms with Crippen LogP contribution in [0, 0.1) is 0 Å². The van der Waals surface area contributed by atoms with Crippen LogP contribution in [-0.4, -0.2) is 7.25 Å². The average Bonchev–Trinajstić information content (AvgIpc) is 2.81. The quantitative estimate of drug-likeness (QED) is 0.284. The standard InChI is InChI=1S/C13H9S2.BF4/c1-2-6-10(7-3-1)13-14-11-8-4-5-9-12(11)15-13;2-1(3,4)5/h1-9H;/q+1;-1. The van der Waals surface area contributed by atoms with Crippen molar-refractivity contribution < 1.29 is 17.3 Å². The summed E-state index contributed by atoms with van der Waals surface area (Å²) in [7, 11) is -6.00. The second kappa shape index (κ2) is 6.32. The van der Waals surface area contributed by atoms with Crippen LogP contribution in [0.1, 0.15) is 0 Å². The van der Waals surface area contributed by atoms with Crippen molar-refractivity contribution in [2.24, 2.45) is 0 Å². The van der Waals surface area contributed by atoms with Gasteiger partial charge in [0, 0.05) is 5.56 Å². The van der Waals surface area contributed by atoms with Gasteiger partial charge in [-0.2, -0.15) is 0 Å². The molecule has 104 valence electrons. The van der Waals surface area contributed by atoms with Gasteiger partial charge in [0.25, 0.3) is 4.19 Å². The highest BCUT2D eigenvalue weighted by atomic mass is 32.2. The molecule has 0 unspecified atom stereocenters. The Bertz CT molecular complexity index is 640. The fourth-order valence-electron chi connectivity index (χ4n) is 1.53. The Morgan fingerprint density at radius 1 is 0.800 bits per heavy atom. The van der Waals surface area contributed by atoms with Gasteiger partial charge in [-0.05, 0) is 24.3 Å². The summed E-state index contributed by atoms with van der Waals surface area (Å²) < 4.78 is 43.1. The minimum absolute atomic E-state index is 1.32. The third kappa shape index (κ3) is 4.57. The van der Waals surface area contributed by atoms with E-state index >= 15 is 0 Å². The van der Waals surface area contributed by atoms with Crippen molar-refractivity contribution in [3.05, 3.63) is 54.6 Å². The van der Waals surface area contributed by atoms with Crippen LogP contribution in [-0.2, 0) is 0 Å². The highest BCUT2D eigenvalue weighted by Gasteiger charge is 2.20. The van der Waals surface area contributed by atoms with E-state index in [4.69, 9.17) is 0 Å². The molecule has 2 aromatic carbocycles. The lowest BCUT2D eigenvalue weighted by Crippen LogP contribution is -2.02. The molecule has 0 saturated carbocycles. The van der Waals surface area contributed by atoms with Crippen molar-refractivity contribution >= 4 is 39.3 Å². The lowest BCUT2D eigenvalue weighted by atomic mass is 10.2. The maximum Gasteiger partial charge on any atom is 0.673 e. The van der Waals surface area contributed by atoms with E-state index in [0.717, 1.165) is 0 Å². The zero-order valence-corrected chi connectivity index (χ0v) is 11.7. The zero-order valence-electron chi connectivity index (χ0n) is 10.1. The van der Waals surface area contributed by atoms with Gasteiger partial charge in [-0.1, -0.05) is 30.3 Å². The number of benzene rings is 2. The summed E-state index contributed by atoms with van der Waals surface area (Å²) in [5, 5.41) is 0. The van der Waals surface area contributed by atoms with Gasteiger partial charge in [-0.3, -0.25) is 0 Å². The third-order valence-corrected chi connectivity index (χ3v) is 4.89. The van der Waals surface area contributed by atoms with Crippen LogP contribution in [0.15, 0.2) is 54.6 Å². The molecule has 0 atom stereocenters. The topological polar surface area (TPSA) is 0 Å². The Hall–Kier alpha value is -1.47. The van der Waals surface area contributed by atoms with Crippen LogP contribution in [0.5, 0.6) is 0 Å². The van der Waals surface area contributed by atoms with Crippen molar-refractivity contribution in [1.29, 1.82) is 0 Å². The van der Waals surface area contributed by atoms with Gasteiger partial charge in [-0.15, -0.1) is 0 Å². The normalized spacial score (nSPS) is 11.0. The minimum atomic E-state index is -6.00. The van der Waals surface area contributed by atoms with Crippen LogP contribution >= 0.6 is 22.7 Å². The Morgan fingerprint density at radius 2 is 1.35 bits per heavy atom. The lowest BCUT2D eigenvalue weighted by molar-refractivity contribution is 0.368. The van der Waals surface area contributed by atoms with Crippen molar-refractivity contribution in [3.63, 3.8) is 0 Å². The predicted molar refractivity (Wildman–Crippen MR) is 79.7 cm³/mol. The van der Waals surface area contributed by atoms with E-state index < -0.39 is 7.25 Å². The molecule has 0 saturated heterocycles. The summed E-state index contributed by atoms with van der Waals surface area (Å²) in [6, 6.07) is 19.1. The van der Waals surface area contributed by atoms with Crippen molar-refractivity contribution in [1.82, 2.24) is 0 Å². The molecule has 7 heteroatoms. The molecule has 0 spiro atoms. The van der Waals surface area contributed by atoms with Gasteiger partial charge in [0.15, 0.2) is 9.40 Å².